The van der Waals surface area contributed by atoms with Crippen LogP contribution in [0.15, 0.2) is 36.4 Å². The van der Waals surface area contributed by atoms with Crippen LogP contribution in [0.1, 0.15) is 12.5 Å². The Bertz CT molecular complexity index is 711. The number of anilines is 1. The van der Waals surface area contributed by atoms with Gasteiger partial charge >= 0.3 is 0 Å². The Morgan fingerprint density at radius 2 is 1.91 bits per heavy atom. The molecule has 1 N–H and O–H groups in total. The lowest BCUT2D eigenvalue weighted by atomic mass is 10.2. The van der Waals surface area contributed by atoms with Crippen LogP contribution in [0, 0.1) is 12.3 Å². The first kappa shape index (κ1) is 17.3. The summed E-state index contributed by atoms with van der Waals surface area (Å²) < 4.78 is 11.1. The van der Waals surface area contributed by atoms with Crippen molar-refractivity contribution in [3.8, 4) is 23.8 Å². The maximum absolute atomic E-state index is 6.29. The van der Waals surface area contributed by atoms with Crippen LogP contribution in [-0.2, 0) is 6.54 Å². The van der Waals surface area contributed by atoms with Gasteiger partial charge in [-0.25, -0.2) is 0 Å². The van der Waals surface area contributed by atoms with Crippen molar-refractivity contribution in [3.05, 3.63) is 52.0 Å². The summed E-state index contributed by atoms with van der Waals surface area (Å²) >= 11 is 12.4. The lowest BCUT2D eigenvalue weighted by Crippen LogP contribution is -2.04. The van der Waals surface area contributed by atoms with Crippen molar-refractivity contribution in [2.75, 3.05) is 18.5 Å². The average Bonchev–Trinajstić information content (AvgIpc) is 2.54. The molecule has 0 atom stereocenters. The monoisotopic (exact) mass is 349 g/mol. The molecule has 0 amide bonds. The van der Waals surface area contributed by atoms with E-state index in [2.05, 4.69) is 11.2 Å². The van der Waals surface area contributed by atoms with Crippen molar-refractivity contribution in [2.45, 2.75) is 13.5 Å². The second kappa shape index (κ2) is 8.57. The molecule has 2 aromatic carbocycles. The third kappa shape index (κ3) is 4.72. The minimum absolute atomic E-state index is 0.136. The van der Waals surface area contributed by atoms with Crippen LogP contribution < -0.4 is 14.8 Å². The highest BCUT2D eigenvalue weighted by molar-refractivity contribution is 6.33. The zero-order valence-electron chi connectivity index (χ0n) is 12.7. The zero-order chi connectivity index (χ0) is 16.7. The van der Waals surface area contributed by atoms with Crippen molar-refractivity contribution < 1.29 is 9.47 Å². The molecule has 2 rings (SSSR count). The highest BCUT2D eigenvalue weighted by Crippen LogP contribution is 2.37. The van der Waals surface area contributed by atoms with Crippen LogP contribution in [0.4, 0.5) is 5.69 Å². The van der Waals surface area contributed by atoms with E-state index < -0.39 is 0 Å². The van der Waals surface area contributed by atoms with E-state index in [1.165, 1.54) is 0 Å². The Kier molecular flexibility index (Phi) is 6.46. The lowest BCUT2D eigenvalue weighted by Gasteiger charge is -2.15. The van der Waals surface area contributed by atoms with Crippen molar-refractivity contribution in [2.24, 2.45) is 0 Å². The van der Waals surface area contributed by atoms with E-state index >= 15 is 0 Å². The fourth-order valence-corrected chi connectivity index (χ4v) is 2.53. The topological polar surface area (TPSA) is 30.5 Å². The Morgan fingerprint density at radius 1 is 1.13 bits per heavy atom. The minimum Gasteiger partial charge on any atom is -0.490 e. The number of rotatable bonds is 7. The van der Waals surface area contributed by atoms with E-state index in [4.69, 9.17) is 39.1 Å². The van der Waals surface area contributed by atoms with Crippen LogP contribution in [0.2, 0.25) is 10.0 Å². The van der Waals surface area contributed by atoms with Crippen LogP contribution in [0.3, 0.4) is 0 Å². The molecular formula is C18H17Cl2NO2. The molecule has 2 aromatic rings. The second-order valence-electron chi connectivity index (χ2n) is 4.66. The van der Waals surface area contributed by atoms with Gasteiger partial charge in [-0.2, -0.15) is 0 Å². The van der Waals surface area contributed by atoms with Crippen LogP contribution in [0.25, 0.3) is 0 Å². The molecule has 0 saturated heterocycles. The van der Waals surface area contributed by atoms with Gasteiger partial charge in [0.05, 0.1) is 22.3 Å². The van der Waals surface area contributed by atoms with Gasteiger partial charge in [0, 0.05) is 6.54 Å². The average molecular weight is 350 g/mol. The normalized spacial score (nSPS) is 10.0. The molecule has 120 valence electrons. The third-order valence-electron chi connectivity index (χ3n) is 3.03. The Balaban J connectivity index is 2.19. The summed E-state index contributed by atoms with van der Waals surface area (Å²) in [6.07, 6.45) is 5.23. The number of terminal acetylenes is 1. The van der Waals surface area contributed by atoms with E-state index in [1.54, 1.807) is 0 Å². The van der Waals surface area contributed by atoms with Crippen molar-refractivity contribution >= 4 is 28.9 Å². The predicted octanol–water partition coefficient (Wildman–Crippen LogP) is 5.02. The van der Waals surface area contributed by atoms with Gasteiger partial charge in [-0.3, -0.25) is 0 Å². The van der Waals surface area contributed by atoms with Crippen molar-refractivity contribution in [1.82, 2.24) is 0 Å². The number of para-hydroxylation sites is 1. The summed E-state index contributed by atoms with van der Waals surface area (Å²) in [7, 11) is 0. The second-order valence-corrected chi connectivity index (χ2v) is 5.48. The third-order valence-corrected chi connectivity index (χ3v) is 3.64. The van der Waals surface area contributed by atoms with Gasteiger partial charge in [0.2, 0.25) is 0 Å². The first-order chi connectivity index (χ1) is 11.2. The highest BCUT2D eigenvalue weighted by Gasteiger charge is 2.12. The standard InChI is InChI=1S/C18H17Cl2NO2/c1-3-9-23-18-15(20)10-13(11-17(18)22-4-2)12-21-16-8-6-5-7-14(16)19/h1,5-8,10-11,21H,4,9,12H2,2H3. The van der Waals surface area contributed by atoms with Crippen molar-refractivity contribution in [3.63, 3.8) is 0 Å². The zero-order valence-corrected chi connectivity index (χ0v) is 14.2. The fourth-order valence-electron chi connectivity index (χ4n) is 2.04. The SMILES string of the molecule is C#CCOc1c(Cl)cc(CNc2ccccc2Cl)cc1OCC. The summed E-state index contributed by atoms with van der Waals surface area (Å²) in [5.74, 6) is 3.46. The van der Waals surface area contributed by atoms with Gasteiger partial charge < -0.3 is 14.8 Å². The number of halogens is 2. The summed E-state index contributed by atoms with van der Waals surface area (Å²) in [5, 5.41) is 4.39. The molecule has 0 spiro atoms. The number of hydrogen-bond acceptors (Lipinski definition) is 3. The molecule has 0 saturated carbocycles. The number of benzene rings is 2. The molecule has 0 aliphatic heterocycles. The van der Waals surface area contributed by atoms with E-state index in [0.29, 0.717) is 34.7 Å². The smallest absolute Gasteiger partial charge is 0.181 e. The van der Waals surface area contributed by atoms with Crippen LogP contribution in [-0.4, -0.2) is 13.2 Å². The molecule has 0 aliphatic carbocycles. The summed E-state index contributed by atoms with van der Waals surface area (Å²) in [4.78, 5) is 0. The van der Waals surface area contributed by atoms with Gasteiger partial charge in [-0.05, 0) is 36.8 Å². The van der Waals surface area contributed by atoms with Gasteiger partial charge in [0.25, 0.3) is 0 Å². The number of hydrogen-bond donors (Lipinski definition) is 1. The summed E-state index contributed by atoms with van der Waals surface area (Å²) in [6, 6.07) is 11.3. The largest absolute Gasteiger partial charge is 0.490 e. The predicted molar refractivity (Wildman–Crippen MR) is 95.7 cm³/mol. The molecule has 0 heterocycles. The molecule has 5 heteroatoms. The van der Waals surface area contributed by atoms with Gasteiger partial charge in [0.15, 0.2) is 11.5 Å². The van der Waals surface area contributed by atoms with E-state index in [-0.39, 0.29) is 6.61 Å². The Morgan fingerprint density at radius 3 is 2.61 bits per heavy atom. The maximum atomic E-state index is 6.29. The van der Waals surface area contributed by atoms with Crippen molar-refractivity contribution in [1.29, 1.82) is 0 Å². The quantitative estimate of drug-likeness (QED) is 0.712. The van der Waals surface area contributed by atoms with E-state index in [1.807, 2.05) is 43.3 Å². The van der Waals surface area contributed by atoms with Gasteiger partial charge in [-0.15, -0.1) is 6.42 Å². The Labute approximate surface area is 146 Å². The molecule has 0 bridgehead atoms. The summed E-state index contributed by atoms with van der Waals surface area (Å²) in [6.45, 7) is 3.09. The first-order valence-electron chi connectivity index (χ1n) is 7.15. The van der Waals surface area contributed by atoms with Gasteiger partial charge in [-0.1, -0.05) is 41.3 Å². The fraction of sp³-hybridized carbons (Fsp3) is 0.222. The molecule has 0 aliphatic rings. The first-order valence-corrected chi connectivity index (χ1v) is 7.91. The number of nitrogens with one attached hydrogen (secondary N) is 1. The maximum Gasteiger partial charge on any atom is 0.181 e. The summed E-state index contributed by atoms with van der Waals surface area (Å²) in [5.41, 5.74) is 1.81. The highest BCUT2D eigenvalue weighted by atomic mass is 35.5. The van der Waals surface area contributed by atoms with Crippen LogP contribution >= 0.6 is 23.2 Å². The molecule has 0 fully saturated rings. The molecule has 0 unspecified atom stereocenters. The molecule has 23 heavy (non-hydrogen) atoms. The molecule has 0 aromatic heterocycles. The Hall–Kier alpha value is -2.02. The van der Waals surface area contributed by atoms with E-state index in [9.17, 15) is 0 Å². The molecule has 0 radical (unpaired) electrons. The van der Waals surface area contributed by atoms with Crippen LogP contribution in [0.5, 0.6) is 11.5 Å². The minimum atomic E-state index is 0.136. The lowest BCUT2D eigenvalue weighted by molar-refractivity contribution is 0.299. The molecular weight excluding hydrogens is 333 g/mol. The molecule has 3 nitrogen and oxygen atoms in total. The van der Waals surface area contributed by atoms with Gasteiger partial charge in [0.1, 0.15) is 6.61 Å². The number of ether oxygens (including phenoxy) is 2. The van der Waals surface area contributed by atoms with E-state index in [0.717, 1.165) is 11.3 Å².